The highest BCUT2D eigenvalue weighted by Gasteiger charge is 2.23. The van der Waals surface area contributed by atoms with Crippen molar-refractivity contribution in [3.8, 4) is 0 Å². The molecule has 1 heterocycles. The molecule has 0 aromatic carbocycles. The smallest absolute Gasteiger partial charge is 0.00624 e. The van der Waals surface area contributed by atoms with Crippen molar-refractivity contribution in [2.75, 3.05) is 5.33 Å². The Balaban J connectivity index is 1.80. The van der Waals surface area contributed by atoms with Crippen LogP contribution in [0.2, 0.25) is 0 Å². The Bertz CT molecular complexity index is 262. The summed E-state index contributed by atoms with van der Waals surface area (Å²) in [4.78, 5) is 1.55. The van der Waals surface area contributed by atoms with Crippen LogP contribution < -0.4 is 0 Å². The summed E-state index contributed by atoms with van der Waals surface area (Å²) in [5, 5.41) is 3.39. The molecule has 0 bridgehead atoms. The predicted octanol–water partition coefficient (Wildman–Crippen LogP) is 4.88. The van der Waals surface area contributed by atoms with E-state index in [9.17, 15) is 0 Å². The first kappa shape index (κ1) is 11.7. The molecule has 0 nitrogen and oxygen atoms in total. The van der Waals surface area contributed by atoms with Crippen LogP contribution in [-0.2, 0) is 6.42 Å². The maximum absolute atomic E-state index is 3.69. The second-order valence-corrected chi connectivity index (χ2v) is 6.26. The van der Waals surface area contributed by atoms with Crippen LogP contribution in [0.4, 0.5) is 0 Å². The van der Waals surface area contributed by atoms with Gasteiger partial charge >= 0.3 is 0 Å². The molecule has 1 saturated carbocycles. The van der Waals surface area contributed by atoms with E-state index < -0.39 is 0 Å². The van der Waals surface area contributed by atoms with Gasteiger partial charge in [0.2, 0.25) is 0 Å². The molecule has 0 amide bonds. The zero-order valence-electron chi connectivity index (χ0n) is 9.12. The normalized spacial score (nSPS) is 19.5. The van der Waals surface area contributed by atoms with Crippen molar-refractivity contribution in [2.45, 2.75) is 38.5 Å². The van der Waals surface area contributed by atoms with Crippen molar-refractivity contribution in [1.82, 2.24) is 0 Å². The lowest BCUT2D eigenvalue weighted by Crippen LogP contribution is -2.14. The second kappa shape index (κ2) is 6.05. The topological polar surface area (TPSA) is 0 Å². The Morgan fingerprint density at radius 1 is 1.40 bits per heavy atom. The van der Waals surface area contributed by atoms with Crippen LogP contribution in [0.15, 0.2) is 17.5 Å². The van der Waals surface area contributed by atoms with Gasteiger partial charge in [0.1, 0.15) is 0 Å². The lowest BCUT2D eigenvalue weighted by molar-refractivity contribution is 0.354. The fraction of sp³-hybridized carbons (Fsp3) is 0.692. The van der Waals surface area contributed by atoms with E-state index in [2.05, 4.69) is 33.4 Å². The molecule has 0 spiro atoms. The van der Waals surface area contributed by atoms with Gasteiger partial charge in [0, 0.05) is 10.2 Å². The Morgan fingerprint density at radius 2 is 2.20 bits per heavy atom. The number of hydrogen-bond acceptors (Lipinski definition) is 1. The minimum Gasteiger partial charge on any atom is -0.149 e. The zero-order chi connectivity index (χ0) is 10.5. The van der Waals surface area contributed by atoms with Gasteiger partial charge in [-0.15, -0.1) is 11.3 Å². The van der Waals surface area contributed by atoms with Crippen LogP contribution in [0.25, 0.3) is 0 Å². The third-order valence-electron chi connectivity index (χ3n) is 3.61. The molecular formula is C13H19BrS. The van der Waals surface area contributed by atoms with Gasteiger partial charge in [0.15, 0.2) is 0 Å². The summed E-state index contributed by atoms with van der Waals surface area (Å²) in [7, 11) is 0. The van der Waals surface area contributed by atoms with Gasteiger partial charge in [0.25, 0.3) is 0 Å². The number of rotatable bonds is 5. The van der Waals surface area contributed by atoms with Gasteiger partial charge in [-0.3, -0.25) is 0 Å². The Hall–Kier alpha value is 0.180. The SMILES string of the molecule is BrCC(CCc1cccs1)C1CCCC1. The molecule has 0 aliphatic heterocycles. The van der Waals surface area contributed by atoms with E-state index in [4.69, 9.17) is 0 Å². The summed E-state index contributed by atoms with van der Waals surface area (Å²) >= 11 is 5.60. The van der Waals surface area contributed by atoms with E-state index in [0.717, 1.165) is 11.8 Å². The average molecular weight is 287 g/mol. The third kappa shape index (κ3) is 3.32. The van der Waals surface area contributed by atoms with Crippen molar-refractivity contribution in [1.29, 1.82) is 0 Å². The fourth-order valence-corrected chi connectivity index (χ4v) is 4.23. The molecule has 2 heteroatoms. The largest absolute Gasteiger partial charge is 0.149 e. The van der Waals surface area contributed by atoms with Gasteiger partial charge in [-0.05, 0) is 36.1 Å². The molecule has 1 aromatic heterocycles. The monoisotopic (exact) mass is 286 g/mol. The molecule has 0 N–H and O–H groups in total. The highest BCUT2D eigenvalue weighted by atomic mass is 79.9. The highest BCUT2D eigenvalue weighted by molar-refractivity contribution is 9.09. The zero-order valence-corrected chi connectivity index (χ0v) is 11.5. The summed E-state index contributed by atoms with van der Waals surface area (Å²) < 4.78 is 0. The summed E-state index contributed by atoms with van der Waals surface area (Å²) in [5.41, 5.74) is 0. The summed E-state index contributed by atoms with van der Waals surface area (Å²) in [6.07, 6.45) is 8.53. The van der Waals surface area contributed by atoms with E-state index in [1.807, 2.05) is 11.3 Å². The molecule has 1 aliphatic rings. The molecule has 0 saturated heterocycles. The number of alkyl halides is 1. The Kier molecular flexibility index (Phi) is 4.70. The van der Waals surface area contributed by atoms with Gasteiger partial charge in [-0.2, -0.15) is 0 Å². The summed E-state index contributed by atoms with van der Waals surface area (Å²) in [6.45, 7) is 0. The molecule has 1 unspecified atom stereocenters. The van der Waals surface area contributed by atoms with E-state index in [1.54, 1.807) is 4.88 Å². The lowest BCUT2D eigenvalue weighted by Gasteiger charge is -2.20. The number of halogens is 1. The van der Waals surface area contributed by atoms with Crippen LogP contribution in [0.3, 0.4) is 0 Å². The minimum absolute atomic E-state index is 0.912. The van der Waals surface area contributed by atoms with E-state index in [-0.39, 0.29) is 0 Å². The molecule has 1 aliphatic carbocycles. The molecular weight excluding hydrogens is 268 g/mol. The standard InChI is InChI=1S/C13H19BrS/c14-10-12(11-4-1-2-5-11)7-8-13-6-3-9-15-13/h3,6,9,11-12H,1-2,4-5,7-8,10H2. The maximum atomic E-state index is 3.69. The first-order valence-electron chi connectivity index (χ1n) is 5.98. The second-order valence-electron chi connectivity index (χ2n) is 4.58. The van der Waals surface area contributed by atoms with Crippen molar-refractivity contribution < 1.29 is 0 Å². The van der Waals surface area contributed by atoms with Crippen LogP contribution >= 0.6 is 27.3 Å². The molecule has 0 radical (unpaired) electrons. The Labute approximate surface area is 105 Å². The van der Waals surface area contributed by atoms with Crippen LogP contribution in [0.5, 0.6) is 0 Å². The maximum Gasteiger partial charge on any atom is 0.00624 e. The quantitative estimate of drug-likeness (QED) is 0.677. The number of thiophene rings is 1. The summed E-state index contributed by atoms with van der Waals surface area (Å²) in [6, 6.07) is 4.43. The van der Waals surface area contributed by atoms with Crippen molar-refractivity contribution in [3.05, 3.63) is 22.4 Å². The van der Waals surface area contributed by atoms with Gasteiger partial charge in [-0.25, -0.2) is 0 Å². The lowest BCUT2D eigenvalue weighted by atomic mass is 9.88. The first-order chi connectivity index (χ1) is 7.40. The molecule has 1 atom stereocenters. The van der Waals surface area contributed by atoms with E-state index in [1.165, 1.54) is 43.9 Å². The van der Waals surface area contributed by atoms with Crippen molar-refractivity contribution in [2.24, 2.45) is 11.8 Å². The van der Waals surface area contributed by atoms with Crippen LogP contribution in [0.1, 0.15) is 37.0 Å². The predicted molar refractivity (Wildman–Crippen MR) is 71.9 cm³/mol. The highest BCUT2D eigenvalue weighted by Crippen LogP contribution is 2.34. The van der Waals surface area contributed by atoms with Crippen LogP contribution in [0, 0.1) is 11.8 Å². The summed E-state index contributed by atoms with van der Waals surface area (Å²) in [5.74, 6) is 1.92. The van der Waals surface area contributed by atoms with E-state index in [0.29, 0.717) is 0 Å². The third-order valence-corrected chi connectivity index (χ3v) is 5.37. The average Bonchev–Trinajstić information content (AvgIpc) is 2.90. The number of aryl methyl sites for hydroxylation is 1. The molecule has 1 fully saturated rings. The molecule has 2 rings (SSSR count). The fourth-order valence-electron chi connectivity index (χ4n) is 2.65. The van der Waals surface area contributed by atoms with Crippen molar-refractivity contribution >= 4 is 27.3 Å². The minimum atomic E-state index is 0.912. The van der Waals surface area contributed by atoms with E-state index >= 15 is 0 Å². The van der Waals surface area contributed by atoms with Gasteiger partial charge < -0.3 is 0 Å². The van der Waals surface area contributed by atoms with Crippen molar-refractivity contribution in [3.63, 3.8) is 0 Å². The van der Waals surface area contributed by atoms with Gasteiger partial charge in [0.05, 0.1) is 0 Å². The molecule has 84 valence electrons. The molecule has 1 aromatic rings. The Morgan fingerprint density at radius 3 is 2.80 bits per heavy atom. The first-order valence-corrected chi connectivity index (χ1v) is 7.98. The van der Waals surface area contributed by atoms with Crippen LogP contribution in [-0.4, -0.2) is 5.33 Å². The van der Waals surface area contributed by atoms with Gasteiger partial charge in [-0.1, -0.05) is 47.7 Å². The number of hydrogen-bond donors (Lipinski definition) is 0. The molecule has 15 heavy (non-hydrogen) atoms.